The molecule has 5 heteroatoms. The van der Waals surface area contributed by atoms with Crippen LogP contribution in [0.15, 0.2) is 48.8 Å². The summed E-state index contributed by atoms with van der Waals surface area (Å²) in [6, 6.07) is 10.5. The SMILES string of the molecule is O=C(CC1CCCCC1)Nc1cccc(NC(=O)c2ccncc2)c1. The van der Waals surface area contributed by atoms with E-state index in [1.807, 2.05) is 12.1 Å². The first-order valence-electron chi connectivity index (χ1n) is 8.82. The van der Waals surface area contributed by atoms with E-state index in [-0.39, 0.29) is 11.8 Å². The highest BCUT2D eigenvalue weighted by atomic mass is 16.2. The van der Waals surface area contributed by atoms with Crippen LogP contribution in [0, 0.1) is 5.92 Å². The molecule has 1 aromatic heterocycles. The number of carbonyl (C=O) groups excluding carboxylic acids is 2. The van der Waals surface area contributed by atoms with Gasteiger partial charge in [-0.15, -0.1) is 0 Å². The Morgan fingerprint density at radius 1 is 0.960 bits per heavy atom. The number of pyridine rings is 1. The van der Waals surface area contributed by atoms with E-state index >= 15 is 0 Å². The molecule has 0 unspecified atom stereocenters. The molecular weight excluding hydrogens is 314 g/mol. The highest BCUT2D eigenvalue weighted by Gasteiger charge is 2.17. The molecule has 5 nitrogen and oxygen atoms in total. The van der Waals surface area contributed by atoms with Crippen LogP contribution in [-0.2, 0) is 4.79 Å². The van der Waals surface area contributed by atoms with Crippen LogP contribution in [0.1, 0.15) is 48.9 Å². The van der Waals surface area contributed by atoms with Gasteiger partial charge in [-0.1, -0.05) is 25.3 Å². The van der Waals surface area contributed by atoms with E-state index in [9.17, 15) is 9.59 Å². The number of aromatic nitrogens is 1. The first-order chi connectivity index (χ1) is 12.2. The fourth-order valence-corrected chi connectivity index (χ4v) is 3.25. The van der Waals surface area contributed by atoms with Crippen molar-refractivity contribution in [3.05, 3.63) is 54.4 Å². The van der Waals surface area contributed by atoms with E-state index in [0.717, 1.165) is 12.8 Å². The van der Waals surface area contributed by atoms with Crippen molar-refractivity contribution in [2.45, 2.75) is 38.5 Å². The summed E-state index contributed by atoms with van der Waals surface area (Å²) in [5.74, 6) is 0.348. The maximum Gasteiger partial charge on any atom is 0.255 e. The van der Waals surface area contributed by atoms with Gasteiger partial charge in [0, 0.05) is 35.8 Å². The molecule has 0 aliphatic heterocycles. The van der Waals surface area contributed by atoms with Crippen molar-refractivity contribution in [1.82, 2.24) is 4.98 Å². The highest BCUT2D eigenvalue weighted by Crippen LogP contribution is 2.26. The Morgan fingerprint density at radius 3 is 2.36 bits per heavy atom. The summed E-state index contributed by atoms with van der Waals surface area (Å²) in [6.07, 6.45) is 9.78. The second-order valence-electron chi connectivity index (χ2n) is 6.53. The smallest absolute Gasteiger partial charge is 0.255 e. The first-order valence-corrected chi connectivity index (χ1v) is 8.82. The number of carbonyl (C=O) groups is 2. The summed E-state index contributed by atoms with van der Waals surface area (Å²) in [5, 5.41) is 5.78. The predicted octanol–water partition coefficient (Wildman–Crippen LogP) is 4.24. The van der Waals surface area contributed by atoms with Gasteiger partial charge < -0.3 is 10.6 Å². The van der Waals surface area contributed by atoms with Gasteiger partial charge in [-0.25, -0.2) is 0 Å². The van der Waals surface area contributed by atoms with E-state index in [4.69, 9.17) is 0 Å². The molecule has 0 bridgehead atoms. The number of benzene rings is 1. The molecule has 1 aliphatic carbocycles. The third kappa shape index (κ3) is 5.14. The van der Waals surface area contributed by atoms with Crippen LogP contribution < -0.4 is 10.6 Å². The normalized spacial score (nSPS) is 14.7. The molecule has 1 aromatic carbocycles. The van der Waals surface area contributed by atoms with Crippen LogP contribution in [0.5, 0.6) is 0 Å². The molecule has 0 saturated heterocycles. The minimum absolute atomic E-state index is 0.0458. The standard InChI is InChI=1S/C20H23N3O2/c24-19(13-15-5-2-1-3-6-15)22-17-7-4-8-18(14-17)23-20(25)16-9-11-21-12-10-16/h4,7-12,14-15H,1-3,5-6,13H2,(H,22,24)(H,23,25). The second-order valence-corrected chi connectivity index (χ2v) is 6.53. The van der Waals surface area contributed by atoms with E-state index in [0.29, 0.717) is 29.3 Å². The Labute approximate surface area is 147 Å². The second kappa shape index (κ2) is 8.42. The lowest BCUT2D eigenvalue weighted by molar-refractivity contribution is -0.117. The number of amides is 2. The summed E-state index contributed by atoms with van der Waals surface area (Å²) in [7, 11) is 0. The summed E-state index contributed by atoms with van der Waals surface area (Å²) in [4.78, 5) is 28.3. The lowest BCUT2D eigenvalue weighted by Gasteiger charge is -2.20. The molecule has 1 aliphatic rings. The molecule has 1 fully saturated rings. The lowest BCUT2D eigenvalue weighted by atomic mass is 9.87. The minimum Gasteiger partial charge on any atom is -0.326 e. The Morgan fingerprint density at radius 2 is 1.64 bits per heavy atom. The molecule has 2 aromatic rings. The fourth-order valence-electron chi connectivity index (χ4n) is 3.25. The molecule has 0 atom stereocenters. The molecule has 2 amide bonds. The maximum atomic E-state index is 12.2. The Hall–Kier alpha value is -2.69. The molecule has 130 valence electrons. The quantitative estimate of drug-likeness (QED) is 0.857. The monoisotopic (exact) mass is 337 g/mol. The zero-order valence-electron chi connectivity index (χ0n) is 14.2. The number of anilines is 2. The van der Waals surface area contributed by atoms with Gasteiger partial charge in [0.05, 0.1) is 0 Å². The van der Waals surface area contributed by atoms with Gasteiger partial charge in [0.25, 0.3) is 5.91 Å². The van der Waals surface area contributed by atoms with Crippen LogP contribution in [0.25, 0.3) is 0 Å². The Bertz CT molecular complexity index is 725. The average Bonchev–Trinajstić information content (AvgIpc) is 2.63. The van der Waals surface area contributed by atoms with E-state index < -0.39 is 0 Å². The fraction of sp³-hybridized carbons (Fsp3) is 0.350. The number of rotatable bonds is 5. The van der Waals surface area contributed by atoms with Crippen LogP contribution >= 0.6 is 0 Å². The Balaban J connectivity index is 1.57. The van der Waals surface area contributed by atoms with Crippen LogP contribution in [0.4, 0.5) is 11.4 Å². The molecule has 1 saturated carbocycles. The number of hydrogen-bond acceptors (Lipinski definition) is 3. The number of hydrogen-bond donors (Lipinski definition) is 2. The van der Waals surface area contributed by atoms with Crippen molar-refractivity contribution in [2.24, 2.45) is 5.92 Å². The Kier molecular flexibility index (Phi) is 5.77. The zero-order valence-corrected chi connectivity index (χ0v) is 14.2. The molecule has 25 heavy (non-hydrogen) atoms. The van der Waals surface area contributed by atoms with Crippen molar-refractivity contribution in [3.63, 3.8) is 0 Å². The molecule has 3 rings (SSSR count). The predicted molar refractivity (Wildman–Crippen MR) is 98.5 cm³/mol. The minimum atomic E-state index is -0.201. The van der Waals surface area contributed by atoms with E-state index in [2.05, 4.69) is 15.6 Å². The van der Waals surface area contributed by atoms with Gasteiger partial charge in [0.2, 0.25) is 5.91 Å². The van der Waals surface area contributed by atoms with Crippen LogP contribution in [0.3, 0.4) is 0 Å². The first kappa shape index (κ1) is 17.1. The van der Waals surface area contributed by atoms with Gasteiger partial charge in [0.15, 0.2) is 0 Å². The molecular formula is C20H23N3O2. The topological polar surface area (TPSA) is 71.1 Å². The van der Waals surface area contributed by atoms with Gasteiger partial charge >= 0.3 is 0 Å². The molecule has 2 N–H and O–H groups in total. The van der Waals surface area contributed by atoms with Crippen LogP contribution in [-0.4, -0.2) is 16.8 Å². The van der Waals surface area contributed by atoms with Gasteiger partial charge in [-0.05, 0) is 49.1 Å². The summed E-state index contributed by atoms with van der Waals surface area (Å²) in [5.41, 5.74) is 1.90. The third-order valence-electron chi connectivity index (χ3n) is 4.55. The highest BCUT2D eigenvalue weighted by molar-refractivity contribution is 6.04. The molecule has 0 spiro atoms. The van der Waals surface area contributed by atoms with E-state index in [1.54, 1.807) is 36.7 Å². The van der Waals surface area contributed by atoms with Crippen molar-refractivity contribution >= 4 is 23.2 Å². The van der Waals surface area contributed by atoms with Crippen molar-refractivity contribution in [2.75, 3.05) is 10.6 Å². The van der Waals surface area contributed by atoms with Crippen molar-refractivity contribution < 1.29 is 9.59 Å². The zero-order chi connectivity index (χ0) is 17.5. The number of nitrogens with zero attached hydrogens (tertiary/aromatic N) is 1. The molecule has 0 radical (unpaired) electrons. The number of nitrogens with one attached hydrogen (secondary N) is 2. The summed E-state index contributed by atoms with van der Waals surface area (Å²) >= 11 is 0. The summed E-state index contributed by atoms with van der Waals surface area (Å²) < 4.78 is 0. The van der Waals surface area contributed by atoms with Gasteiger partial charge in [-0.2, -0.15) is 0 Å². The van der Waals surface area contributed by atoms with Crippen LogP contribution in [0.2, 0.25) is 0 Å². The van der Waals surface area contributed by atoms with Gasteiger partial charge in [-0.3, -0.25) is 14.6 Å². The van der Waals surface area contributed by atoms with Crippen molar-refractivity contribution in [3.8, 4) is 0 Å². The molecule has 1 heterocycles. The van der Waals surface area contributed by atoms with Gasteiger partial charge in [0.1, 0.15) is 0 Å². The third-order valence-corrected chi connectivity index (χ3v) is 4.55. The van der Waals surface area contributed by atoms with Crippen molar-refractivity contribution in [1.29, 1.82) is 0 Å². The largest absolute Gasteiger partial charge is 0.326 e. The summed E-state index contributed by atoms with van der Waals surface area (Å²) in [6.45, 7) is 0. The lowest BCUT2D eigenvalue weighted by Crippen LogP contribution is -2.18. The maximum absolute atomic E-state index is 12.2. The average molecular weight is 337 g/mol. The van der Waals surface area contributed by atoms with E-state index in [1.165, 1.54) is 19.3 Å².